The van der Waals surface area contributed by atoms with E-state index < -0.39 is 0 Å². The van der Waals surface area contributed by atoms with Crippen LogP contribution >= 0.6 is 0 Å². The van der Waals surface area contributed by atoms with Crippen LogP contribution in [-0.2, 0) is 27.1 Å². The highest BCUT2D eigenvalue weighted by molar-refractivity contribution is 6.17. The molecular formula is C47H63N. The molecule has 0 aliphatic heterocycles. The molecule has 0 saturated heterocycles. The smallest absolute Gasteiger partial charge is 0.0547 e. The Hall–Kier alpha value is -3.32. The van der Waals surface area contributed by atoms with E-state index in [1.54, 1.807) is 0 Å². The molecule has 4 aromatic carbocycles. The number of aromatic nitrogens is 1. The van der Waals surface area contributed by atoms with Crippen LogP contribution in [0.2, 0.25) is 0 Å². The summed E-state index contributed by atoms with van der Waals surface area (Å²) in [6.07, 6.45) is 0. The van der Waals surface area contributed by atoms with Crippen LogP contribution in [0.25, 0.3) is 38.6 Å². The number of nitrogens with zero attached hydrogens (tertiary/aromatic N) is 1. The summed E-state index contributed by atoms with van der Waals surface area (Å²) in [6.45, 7) is 39.9. The zero-order valence-corrected chi connectivity index (χ0v) is 33.4. The summed E-state index contributed by atoms with van der Waals surface area (Å²) >= 11 is 0. The Bertz CT molecular complexity index is 1930. The summed E-state index contributed by atoms with van der Waals surface area (Å²) in [5.74, 6) is 0.368. The number of hydrogen-bond donors (Lipinski definition) is 0. The van der Waals surface area contributed by atoms with Crippen molar-refractivity contribution in [3.8, 4) is 16.8 Å². The second kappa shape index (κ2) is 11.6. The van der Waals surface area contributed by atoms with Gasteiger partial charge in [-0.3, -0.25) is 0 Å². The lowest BCUT2D eigenvalue weighted by atomic mass is 9.77. The van der Waals surface area contributed by atoms with Crippen molar-refractivity contribution in [3.05, 3.63) is 100 Å². The maximum absolute atomic E-state index is 2.58. The molecule has 0 spiro atoms. The van der Waals surface area contributed by atoms with Crippen LogP contribution < -0.4 is 0 Å². The minimum atomic E-state index is 0.0221. The van der Waals surface area contributed by atoms with Crippen LogP contribution in [0, 0.1) is 0 Å². The van der Waals surface area contributed by atoms with Crippen molar-refractivity contribution in [2.24, 2.45) is 0 Å². The van der Waals surface area contributed by atoms with Crippen molar-refractivity contribution in [1.29, 1.82) is 0 Å². The van der Waals surface area contributed by atoms with Crippen molar-refractivity contribution in [2.75, 3.05) is 0 Å². The quantitative estimate of drug-likeness (QED) is 0.185. The molecule has 0 amide bonds. The first-order valence-electron chi connectivity index (χ1n) is 18.2. The highest BCUT2D eigenvalue weighted by Crippen LogP contribution is 2.46. The molecule has 0 aliphatic carbocycles. The summed E-state index contributed by atoms with van der Waals surface area (Å²) in [5.41, 5.74) is 15.0. The maximum atomic E-state index is 2.58. The second-order valence-corrected chi connectivity index (χ2v) is 19.9. The van der Waals surface area contributed by atoms with Gasteiger partial charge in [0, 0.05) is 16.5 Å². The van der Waals surface area contributed by atoms with Crippen molar-refractivity contribution in [2.45, 2.75) is 151 Å². The average Bonchev–Trinajstić information content (AvgIpc) is 3.28. The first-order valence-corrected chi connectivity index (χ1v) is 18.2. The van der Waals surface area contributed by atoms with E-state index in [9.17, 15) is 0 Å². The molecule has 0 bridgehead atoms. The van der Waals surface area contributed by atoms with E-state index in [4.69, 9.17) is 0 Å². The lowest BCUT2D eigenvalue weighted by Gasteiger charge is -2.27. The van der Waals surface area contributed by atoms with Gasteiger partial charge in [0.05, 0.1) is 11.0 Å². The zero-order chi connectivity index (χ0) is 35.9. The summed E-state index contributed by atoms with van der Waals surface area (Å²) in [4.78, 5) is 0. The summed E-state index contributed by atoms with van der Waals surface area (Å²) in [5, 5.41) is 2.77. The Labute approximate surface area is 293 Å². The van der Waals surface area contributed by atoms with Gasteiger partial charge in [-0.15, -0.1) is 0 Å². The molecular weight excluding hydrogens is 579 g/mol. The first-order chi connectivity index (χ1) is 21.8. The van der Waals surface area contributed by atoms with E-state index in [0.717, 1.165) is 0 Å². The predicted octanol–water partition coefficient (Wildman–Crippen LogP) is 14.1. The fourth-order valence-corrected chi connectivity index (χ4v) is 7.20. The predicted molar refractivity (Wildman–Crippen MR) is 214 cm³/mol. The van der Waals surface area contributed by atoms with Crippen molar-refractivity contribution < 1.29 is 0 Å². The van der Waals surface area contributed by atoms with Crippen LogP contribution in [-0.4, -0.2) is 4.57 Å². The molecule has 5 rings (SSSR count). The van der Waals surface area contributed by atoms with Gasteiger partial charge in [0.25, 0.3) is 0 Å². The minimum absolute atomic E-state index is 0.0221. The number of fused-ring (bicyclic) bond motifs is 3. The zero-order valence-electron chi connectivity index (χ0n) is 33.4. The molecule has 0 unspecified atom stereocenters. The third-order valence-corrected chi connectivity index (χ3v) is 10.3. The molecule has 0 radical (unpaired) electrons. The number of benzene rings is 4. The lowest BCUT2D eigenvalue weighted by molar-refractivity contribution is 0.567. The molecule has 5 aromatic rings. The topological polar surface area (TPSA) is 4.93 Å². The van der Waals surface area contributed by atoms with Crippen LogP contribution in [0.5, 0.6) is 0 Å². The lowest BCUT2D eigenvalue weighted by Crippen LogP contribution is -2.17. The summed E-state index contributed by atoms with van der Waals surface area (Å²) in [6, 6.07) is 26.6. The van der Waals surface area contributed by atoms with Crippen LogP contribution in [0.1, 0.15) is 157 Å². The fourth-order valence-electron chi connectivity index (χ4n) is 7.20. The summed E-state index contributed by atoms with van der Waals surface area (Å²) < 4.78 is 2.58. The van der Waals surface area contributed by atoms with Gasteiger partial charge in [0.2, 0.25) is 0 Å². The van der Waals surface area contributed by atoms with E-state index in [-0.39, 0.29) is 27.1 Å². The van der Waals surface area contributed by atoms with E-state index in [2.05, 4.69) is 189 Å². The number of hydrogen-bond acceptors (Lipinski definition) is 0. The van der Waals surface area contributed by atoms with Crippen molar-refractivity contribution in [1.82, 2.24) is 4.57 Å². The van der Waals surface area contributed by atoms with Crippen LogP contribution in [0.3, 0.4) is 0 Å². The molecule has 1 nitrogen and oxygen atoms in total. The molecule has 0 saturated carbocycles. The Morgan fingerprint density at radius 3 is 1.31 bits per heavy atom. The highest BCUT2D eigenvalue weighted by Gasteiger charge is 2.29. The van der Waals surface area contributed by atoms with Gasteiger partial charge in [-0.2, -0.15) is 0 Å². The van der Waals surface area contributed by atoms with Gasteiger partial charge in [0.15, 0.2) is 0 Å². The Balaban J connectivity index is 2.06. The van der Waals surface area contributed by atoms with E-state index in [0.29, 0.717) is 5.92 Å². The molecule has 256 valence electrons. The SMILES string of the molecule is CC(C)c1c(C(C)(C)C)ccc2c1c1c(-c3cc(C(C)(C)C)cc(C(C)(C)C)c3)cccc1n2-c1cc(C(C)(C)C)cc(C(C)(C)C)c1. The Kier molecular flexibility index (Phi) is 8.72. The van der Waals surface area contributed by atoms with Gasteiger partial charge in [-0.05, 0) is 102 Å². The molecule has 0 aliphatic rings. The van der Waals surface area contributed by atoms with E-state index in [1.165, 1.54) is 72.0 Å². The van der Waals surface area contributed by atoms with Gasteiger partial charge >= 0.3 is 0 Å². The molecule has 0 N–H and O–H groups in total. The maximum Gasteiger partial charge on any atom is 0.0547 e. The number of rotatable bonds is 3. The molecule has 1 heterocycles. The van der Waals surface area contributed by atoms with E-state index >= 15 is 0 Å². The Morgan fingerprint density at radius 2 is 0.896 bits per heavy atom. The second-order valence-electron chi connectivity index (χ2n) is 19.9. The first kappa shape index (κ1) is 36.0. The largest absolute Gasteiger partial charge is 0.309 e. The minimum Gasteiger partial charge on any atom is -0.309 e. The fraction of sp³-hybridized carbons (Fsp3) is 0.489. The Morgan fingerprint density at radius 1 is 0.458 bits per heavy atom. The average molecular weight is 642 g/mol. The third kappa shape index (κ3) is 6.64. The van der Waals surface area contributed by atoms with Gasteiger partial charge in [-0.1, -0.05) is 160 Å². The van der Waals surface area contributed by atoms with Crippen LogP contribution in [0.15, 0.2) is 66.7 Å². The summed E-state index contributed by atoms with van der Waals surface area (Å²) in [7, 11) is 0. The standard InChI is InChI=1S/C47H63N/c1-29(2)40-37(47(15,16)17)21-22-39-42(40)41-36(30-23-31(43(3,4)5)25-32(24-30)44(6,7)8)19-18-20-38(41)48(39)35-27-33(45(9,10)11)26-34(28-35)46(12,13)14/h18-29H,1-17H3. The molecule has 0 atom stereocenters. The molecule has 1 aromatic heterocycles. The van der Waals surface area contributed by atoms with E-state index in [1.807, 2.05) is 0 Å². The van der Waals surface area contributed by atoms with Gasteiger partial charge in [-0.25, -0.2) is 0 Å². The highest BCUT2D eigenvalue weighted by atomic mass is 15.0. The van der Waals surface area contributed by atoms with Crippen molar-refractivity contribution >= 4 is 21.8 Å². The molecule has 48 heavy (non-hydrogen) atoms. The third-order valence-electron chi connectivity index (χ3n) is 10.3. The van der Waals surface area contributed by atoms with Gasteiger partial charge < -0.3 is 4.57 Å². The monoisotopic (exact) mass is 641 g/mol. The van der Waals surface area contributed by atoms with Gasteiger partial charge in [0.1, 0.15) is 0 Å². The van der Waals surface area contributed by atoms with Crippen LogP contribution in [0.4, 0.5) is 0 Å². The van der Waals surface area contributed by atoms with Crippen molar-refractivity contribution in [3.63, 3.8) is 0 Å². The normalized spacial score (nSPS) is 13.7. The molecule has 1 heteroatoms. The molecule has 0 fully saturated rings.